The summed E-state index contributed by atoms with van der Waals surface area (Å²) in [5.41, 5.74) is 1.92. The van der Waals surface area contributed by atoms with Crippen LogP contribution in [-0.2, 0) is 10.2 Å². The molecule has 0 N–H and O–H groups in total. The van der Waals surface area contributed by atoms with Gasteiger partial charge in [-0.25, -0.2) is 0 Å². The molecule has 3 heteroatoms. The molecule has 0 aliphatic heterocycles. The molecule has 0 saturated heterocycles. The molecule has 0 amide bonds. The molecule has 0 unspecified atom stereocenters. The zero-order chi connectivity index (χ0) is 9.90. The van der Waals surface area contributed by atoms with E-state index in [1.165, 1.54) is 5.56 Å². The highest BCUT2D eigenvalue weighted by atomic mass is 35.6. The Hall–Kier alpha value is 0.0900. The molecular formula is C10H10Cl3. The van der Waals surface area contributed by atoms with Gasteiger partial charge in [0, 0.05) is 5.56 Å². The fourth-order valence-electron chi connectivity index (χ4n) is 1.06. The van der Waals surface area contributed by atoms with Crippen LogP contribution in [0.1, 0.15) is 17.5 Å². The maximum atomic E-state index is 5.71. The van der Waals surface area contributed by atoms with Crippen molar-refractivity contribution < 1.29 is 0 Å². The molecule has 1 rings (SSSR count). The van der Waals surface area contributed by atoms with Crippen LogP contribution in [0.25, 0.3) is 0 Å². The van der Waals surface area contributed by atoms with Gasteiger partial charge in [-0.05, 0) is 18.4 Å². The molecule has 0 heterocycles. The number of alkyl halides is 3. The van der Waals surface area contributed by atoms with Crippen LogP contribution in [0, 0.1) is 6.92 Å². The summed E-state index contributed by atoms with van der Waals surface area (Å²) in [6, 6.07) is 7.58. The van der Waals surface area contributed by atoms with E-state index in [4.69, 9.17) is 34.8 Å². The summed E-state index contributed by atoms with van der Waals surface area (Å²) in [7, 11) is 0. The van der Waals surface area contributed by atoms with E-state index in [1.54, 1.807) is 0 Å². The van der Waals surface area contributed by atoms with Crippen molar-refractivity contribution in [3.63, 3.8) is 0 Å². The molecule has 13 heavy (non-hydrogen) atoms. The van der Waals surface area contributed by atoms with E-state index in [0.717, 1.165) is 12.8 Å². The third-order valence-electron chi connectivity index (χ3n) is 1.75. The number of benzene rings is 1. The first-order valence-electron chi connectivity index (χ1n) is 3.99. The first-order valence-corrected chi connectivity index (χ1v) is 5.13. The standard InChI is InChI=1S/C10H10Cl3/c1-2-3-8-4-6-9(7-5-8)10(11,12)13/h4-7H,1-3H2. The molecular weight excluding hydrogens is 226 g/mol. The van der Waals surface area contributed by atoms with Gasteiger partial charge in [-0.3, -0.25) is 0 Å². The molecule has 1 aromatic rings. The van der Waals surface area contributed by atoms with Crippen molar-refractivity contribution in [2.45, 2.75) is 16.6 Å². The maximum Gasteiger partial charge on any atom is 0.216 e. The summed E-state index contributed by atoms with van der Waals surface area (Å²) in [5, 5.41) is 0. The summed E-state index contributed by atoms with van der Waals surface area (Å²) in [4.78, 5) is 0. The van der Waals surface area contributed by atoms with E-state index in [9.17, 15) is 0 Å². The topological polar surface area (TPSA) is 0 Å². The van der Waals surface area contributed by atoms with Gasteiger partial charge in [0.15, 0.2) is 0 Å². The van der Waals surface area contributed by atoms with Crippen LogP contribution in [0.5, 0.6) is 0 Å². The monoisotopic (exact) mass is 235 g/mol. The van der Waals surface area contributed by atoms with Crippen LogP contribution in [0.15, 0.2) is 24.3 Å². The molecule has 71 valence electrons. The van der Waals surface area contributed by atoms with Gasteiger partial charge < -0.3 is 0 Å². The van der Waals surface area contributed by atoms with Gasteiger partial charge >= 0.3 is 0 Å². The van der Waals surface area contributed by atoms with Crippen LogP contribution >= 0.6 is 34.8 Å². The van der Waals surface area contributed by atoms with Gasteiger partial charge in [0.25, 0.3) is 0 Å². The van der Waals surface area contributed by atoms with Gasteiger partial charge in [-0.2, -0.15) is 0 Å². The molecule has 0 saturated carbocycles. The molecule has 0 aliphatic carbocycles. The summed E-state index contributed by atoms with van der Waals surface area (Å²) in [6.45, 7) is 3.77. The van der Waals surface area contributed by atoms with Crippen LogP contribution in [0.4, 0.5) is 0 Å². The van der Waals surface area contributed by atoms with E-state index in [2.05, 4.69) is 6.92 Å². The quantitative estimate of drug-likeness (QED) is 0.673. The maximum absolute atomic E-state index is 5.71. The lowest BCUT2D eigenvalue weighted by molar-refractivity contribution is 0.996. The predicted molar refractivity (Wildman–Crippen MR) is 59.4 cm³/mol. The smallest absolute Gasteiger partial charge is 0.0784 e. The molecule has 0 bridgehead atoms. The van der Waals surface area contributed by atoms with Gasteiger partial charge in [0.05, 0.1) is 0 Å². The van der Waals surface area contributed by atoms with E-state index >= 15 is 0 Å². The first-order chi connectivity index (χ1) is 6.04. The fraction of sp³-hybridized carbons (Fsp3) is 0.300. The van der Waals surface area contributed by atoms with Gasteiger partial charge in [-0.15, -0.1) is 0 Å². The largest absolute Gasteiger partial charge is 0.216 e. The normalized spacial score (nSPS) is 11.7. The molecule has 1 aromatic carbocycles. The molecule has 1 radical (unpaired) electrons. The number of aryl methyl sites for hydroxylation is 1. The highest BCUT2D eigenvalue weighted by Gasteiger charge is 2.21. The summed E-state index contributed by atoms with van der Waals surface area (Å²) >= 11 is 17.1. The minimum Gasteiger partial charge on any atom is -0.0784 e. The minimum absolute atomic E-state index is 0.699. The second kappa shape index (κ2) is 4.54. The van der Waals surface area contributed by atoms with Crippen LogP contribution in [0.3, 0.4) is 0 Å². The molecule has 0 aliphatic rings. The SMILES string of the molecule is [CH2]CCc1ccc(C(Cl)(Cl)Cl)cc1. The van der Waals surface area contributed by atoms with E-state index < -0.39 is 3.79 Å². The molecule has 0 nitrogen and oxygen atoms in total. The van der Waals surface area contributed by atoms with Crippen molar-refractivity contribution in [2.24, 2.45) is 0 Å². The number of halogens is 3. The Bertz CT molecular complexity index is 258. The minimum atomic E-state index is -1.32. The van der Waals surface area contributed by atoms with Crippen LogP contribution < -0.4 is 0 Å². The van der Waals surface area contributed by atoms with Crippen molar-refractivity contribution in [3.8, 4) is 0 Å². The molecule has 0 spiro atoms. The van der Waals surface area contributed by atoms with Crippen LogP contribution in [-0.4, -0.2) is 0 Å². The van der Waals surface area contributed by atoms with Crippen molar-refractivity contribution in [1.29, 1.82) is 0 Å². The summed E-state index contributed by atoms with van der Waals surface area (Å²) in [5.74, 6) is 0. The Morgan fingerprint density at radius 2 is 1.62 bits per heavy atom. The number of hydrogen-bond acceptors (Lipinski definition) is 0. The van der Waals surface area contributed by atoms with E-state index in [-0.39, 0.29) is 0 Å². The average Bonchev–Trinajstić information content (AvgIpc) is 2.04. The highest BCUT2D eigenvalue weighted by Crippen LogP contribution is 2.37. The lowest BCUT2D eigenvalue weighted by atomic mass is 10.1. The van der Waals surface area contributed by atoms with Gasteiger partial charge in [-0.1, -0.05) is 66.0 Å². The number of hydrogen-bond donors (Lipinski definition) is 0. The first kappa shape index (κ1) is 11.2. The second-order valence-corrected chi connectivity index (χ2v) is 5.08. The highest BCUT2D eigenvalue weighted by molar-refractivity contribution is 6.66. The summed E-state index contributed by atoms with van der Waals surface area (Å²) < 4.78 is -1.32. The predicted octanol–water partition coefficient (Wildman–Crippen LogP) is 4.28. The van der Waals surface area contributed by atoms with Crippen molar-refractivity contribution in [2.75, 3.05) is 0 Å². The van der Waals surface area contributed by atoms with Gasteiger partial charge in [0.1, 0.15) is 0 Å². The Balaban J connectivity index is 2.81. The lowest BCUT2D eigenvalue weighted by Crippen LogP contribution is -1.99. The third kappa shape index (κ3) is 3.38. The lowest BCUT2D eigenvalue weighted by Gasteiger charge is -2.11. The van der Waals surface area contributed by atoms with Crippen molar-refractivity contribution in [1.82, 2.24) is 0 Å². The summed E-state index contributed by atoms with van der Waals surface area (Å²) in [6.07, 6.45) is 1.84. The Labute approximate surface area is 93.8 Å². The Morgan fingerprint density at radius 3 is 2.00 bits per heavy atom. The second-order valence-electron chi connectivity index (χ2n) is 2.80. The van der Waals surface area contributed by atoms with Gasteiger partial charge in [0.2, 0.25) is 3.79 Å². The van der Waals surface area contributed by atoms with Crippen LogP contribution in [0.2, 0.25) is 0 Å². The molecule has 0 aromatic heterocycles. The zero-order valence-corrected chi connectivity index (χ0v) is 9.33. The van der Waals surface area contributed by atoms with E-state index in [0.29, 0.717) is 5.56 Å². The van der Waals surface area contributed by atoms with Crippen molar-refractivity contribution in [3.05, 3.63) is 42.3 Å². The van der Waals surface area contributed by atoms with Crippen molar-refractivity contribution >= 4 is 34.8 Å². The third-order valence-corrected chi connectivity index (χ3v) is 2.40. The molecule has 0 atom stereocenters. The average molecular weight is 237 g/mol. The fourth-order valence-corrected chi connectivity index (χ4v) is 1.44. The Morgan fingerprint density at radius 1 is 1.08 bits per heavy atom. The zero-order valence-electron chi connectivity index (χ0n) is 7.06. The van der Waals surface area contributed by atoms with E-state index in [1.807, 2.05) is 24.3 Å². The molecule has 0 fully saturated rings. The Kier molecular flexibility index (Phi) is 3.90. The number of rotatable bonds is 2.